The van der Waals surface area contributed by atoms with Crippen molar-refractivity contribution in [3.63, 3.8) is 0 Å². The molecule has 2 rings (SSSR count). The van der Waals surface area contributed by atoms with E-state index in [2.05, 4.69) is 23.8 Å². The molecule has 0 amide bonds. The van der Waals surface area contributed by atoms with Gasteiger partial charge in [0.15, 0.2) is 0 Å². The fourth-order valence-corrected chi connectivity index (χ4v) is 1.82. The summed E-state index contributed by atoms with van der Waals surface area (Å²) in [6.07, 6.45) is 7.01. The van der Waals surface area contributed by atoms with Crippen molar-refractivity contribution in [1.82, 2.24) is 9.97 Å². The molecule has 0 fully saturated rings. The zero-order chi connectivity index (χ0) is 13.4. The molecule has 0 radical (unpaired) electrons. The molecule has 0 saturated heterocycles. The van der Waals surface area contributed by atoms with Crippen molar-refractivity contribution in [2.45, 2.75) is 52.9 Å². The molecule has 104 valence electrons. The Morgan fingerprint density at radius 2 is 1.61 bits per heavy atom. The zero-order valence-corrected chi connectivity index (χ0v) is 11.7. The van der Waals surface area contributed by atoms with Gasteiger partial charge in [0.25, 0.3) is 0 Å². The minimum absolute atomic E-state index is 0. The first-order chi connectivity index (χ1) is 8.67. The Hall–Kier alpha value is -1.51. The van der Waals surface area contributed by atoms with E-state index in [1.165, 1.54) is 32.1 Å². The number of hydrogen-bond donors (Lipinski definition) is 2. The molecule has 3 nitrogen and oxygen atoms in total. The number of unbranched alkanes of at least 4 members (excludes halogenated alkanes) is 4. The Morgan fingerprint density at radius 1 is 1.00 bits per heavy atom. The summed E-state index contributed by atoms with van der Waals surface area (Å²) in [5, 5.41) is 0. The van der Waals surface area contributed by atoms with Crippen molar-refractivity contribution < 1.29 is 2.85 Å². The maximum absolute atomic E-state index is 10.8. The molecule has 0 spiro atoms. The summed E-state index contributed by atoms with van der Waals surface area (Å²) >= 11 is 0. The fourth-order valence-electron chi connectivity index (χ4n) is 1.82. The summed E-state index contributed by atoms with van der Waals surface area (Å²) in [5.41, 5.74) is 2.73. The molecule has 0 atom stereocenters. The molecule has 2 aromatic rings. The average molecular weight is 252 g/mol. The van der Waals surface area contributed by atoms with Crippen molar-refractivity contribution in [1.29, 1.82) is 0 Å². The summed E-state index contributed by atoms with van der Waals surface area (Å²) in [7, 11) is 0. The lowest BCUT2D eigenvalue weighted by atomic mass is 10.2. The summed E-state index contributed by atoms with van der Waals surface area (Å²) < 4.78 is 0. The van der Waals surface area contributed by atoms with E-state index < -0.39 is 0 Å². The lowest BCUT2D eigenvalue weighted by Gasteiger charge is -1.90. The molecule has 1 aromatic carbocycles. The van der Waals surface area contributed by atoms with Crippen molar-refractivity contribution >= 4 is 11.0 Å². The number of aryl methyl sites for hydroxylation is 1. The number of aromatic nitrogens is 2. The van der Waals surface area contributed by atoms with Crippen molar-refractivity contribution in [3.8, 4) is 0 Å². The number of H-pyrrole nitrogens is 2. The third kappa shape index (κ3) is 4.78. The van der Waals surface area contributed by atoms with Gasteiger partial charge in [0.05, 0.1) is 11.0 Å². The second-order valence-electron chi connectivity index (χ2n) is 4.69. The molecule has 0 bridgehead atoms. The minimum atomic E-state index is -0.148. The van der Waals surface area contributed by atoms with Crippen LogP contribution in [0.2, 0.25) is 0 Å². The summed E-state index contributed by atoms with van der Waals surface area (Å²) in [6, 6.07) is 5.79. The van der Waals surface area contributed by atoms with Crippen LogP contribution in [0, 0.1) is 6.92 Å². The molecule has 3 heteroatoms. The van der Waals surface area contributed by atoms with Gasteiger partial charge in [0.1, 0.15) is 0 Å². The smallest absolute Gasteiger partial charge is 0.306 e. The van der Waals surface area contributed by atoms with Gasteiger partial charge in [0, 0.05) is 2.85 Å². The highest BCUT2D eigenvalue weighted by atomic mass is 16.1. The number of nitrogens with one attached hydrogen (secondary N) is 2. The van der Waals surface area contributed by atoms with Crippen molar-refractivity contribution in [2.24, 2.45) is 0 Å². The van der Waals surface area contributed by atoms with E-state index in [1.54, 1.807) is 0 Å². The van der Waals surface area contributed by atoms with E-state index in [-0.39, 0.29) is 8.54 Å². The molecule has 2 N–H and O–H groups in total. The average Bonchev–Trinajstić information content (AvgIpc) is 2.70. The molecule has 0 aliphatic carbocycles. The van der Waals surface area contributed by atoms with E-state index in [0.29, 0.717) is 0 Å². The van der Waals surface area contributed by atoms with Gasteiger partial charge in [-0.05, 0) is 24.6 Å². The van der Waals surface area contributed by atoms with Gasteiger partial charge in [-0.2, -0.15) is 0 Å². The van der Waals surface area contributed by atoms with Gasteiger partial charge in [-0.25, -0.2) is 4.79 Å². The van der Waals surface area contributed by atoms with Gasteiger partial charge < -0.3 is 9.97 Å². The summed E-state index contributed by atoms with van der Waals surface area (Å²) in [5.74, 6) is 0. The van der Waals surface area contributed by atoms with E-state index in [1.807, 2.05) is 25.1 Å². The quantitative estimate of drug-likeness (QED) is 0.765. The highest BCUT2D eigenvalue weighted by Crippen LogP contribution is 2.08. The molecule has 1 heterocycles. The van der Waals surface area contributed by atoms with Crippen LogP contribution in [0.25, 0.3) is 11.0 Å². The first-order valence-corrected chi connectivity index (χ1v) is 6.86. The normalized spacial score (nSPS) is 10.2. The molecular formula is C15H28N2O. The molecule has 0 aliphatic heterocycles. The predicted octanol–water partition coefficient (Wildman–Crippen LogP) is 4.63. The Morgan fingerprint density at radius 3 is 2.22 bits per heavy atom. The van der Waals surface area contributed by atoms with Gasteiger partial charge >= 0.3 is 5.69 Å². The Bertz CT molecular complexity index is 516. The topological polar surface area (TPSA) is 48.6 Å². The van der Waals surface area contributed by atoms with Crippen LogP contribution in [0.4, 0.5) is 0 Å². The van der Waals surface area contributed by atoms with E-state index >= 15 is 0 Å². The number of imidazole rings is 1. The number of benzene rings is 1. The summed E-state index contributed by atoms with van der Waals surface area (Å²) in [4.78, 5) is 16.2. The number of fused-ring (bicyclic) bond motifs is 1. The van der Waals surface area contributed by atoms with Crippen LogP contribution in [-0.2, 0) is 0 Å². The monoisotopic (exact) mass is 252 g/mol. The SMILES string of the molecule is CCCCCCC.Cc1ccc2[nH]c(=O)[nH]c2c1.[HH].[HH]. The zero-order valence-electron chi connectivity index (χ0n) is 11.7. The van der Waals surface area contributed by atoms with Crippen LogP contribution in [0.15, 0.2) is 23.0 Å². The predicted molar refractivity (Wildman–Crippen MR) is 82.3 cm³/mol. The van der Waals surface area contributed by atoms with E-state index in [9.17, 15) is 4.79 Å². The summed E-state index contributed by atoms with van der Waals surface area (Å²) in [6.45, 7) is 6.48. The first kappa shape index (κ1) is 14.6. The third-order valence-electron chi connectivity index (χ3n) is 2.88. The second kappa shape index (κ2) is 7.75. The largest absolute Gasteiger partial charge is 0.323 e. The standard InChI is InChI=1S/C8H8N2O.C7H16.2H2/c1-5-2-3-6-7(4-5)10-8(11)9-6;1-3-5-7-6-4-2;;/h2-4H,1H3,(H2,9,10,11);3-7H2,1-2H3;2*1H. The molecule has 0 aliphatic rings. The van der Waals surface area contributed by atoms with Crippen LogP contribution in [-0.4, -0.2) is 9.97 Å². The van der Waals surface area contributed by atoms with Gasteiger partial charge in [0.2, 0.25) is 0 Å². The molecule has 18 heavy (non-hydrogen) atoms. The van der Waals surface area contributed by atoms with E-state index in [4.69, 9.17) is 0 Å². The lowest BCUT2D eigenvalue weighted by Crippen LogP contribution is -1.99. The fraction of sp³-hybridized carbons (Fsp3) is 0.533. The maximum atomic E-state index is 10.8. The number of rotatable bonds is 4. The van der Waals surface area contributed by atoms with Crippen LogP contribution < -0.4 is 5.69 Å². The molecule has 0 saturated carbocycles. The Balaban J connectivity index is 0. The number of aromatic amines is 2. The highest BCUT2D eigenvalue weighted by molar-refractivity contribution is 5.74. The third-order valence-corrected chi connectivity index (χ3v) is 2.88. The van der Waals surface area contributed by atoms with E-state index in [0.717, 1.165) is 16.6 Å². The first-order valence-electron chi connectivity index (χ1n) is 6.86. The van der Waals surface area contributed by atoms with Crippen LogP contribution in [0.1, 0.15) is 54.4 Å². The highest BCUT2D eigenvalue weighted by Gasteiger charge is 1.95. The van der Waals surface area contributed by atoms with Crippen LogP contribution in [0.5, 0.6) is 0 Å². The van der Waals surface area contributed by atoms with Crippen molar-refractivity contribution in [2.75, 3.05) is 0 Å². The molecule has 1 aromatic heterocycles. The van der Waals surface area contributed by atoms with Gasteiger partial charge in [-0.1, -0.05) is 52.0 Å². The Labute approximate surface area is 112 Å². The second-order valence-corrected chi connectivity index (χ2v) is 4.69. The maximum Gasteiger partial charge on any atom is 0.323 e. The molecule has 0 unspecified atom stereocenters. The molecular weight excluding hydrogens is 224 g/mol. The lowest BCUT2D eigenvalue weighted by molar-refractivity contribution is 0.656. The Kier molecular flexibility index (Phi) is 6.26. The van der Waals surface area contributed by atoms with Crippen LogP contribution in [0.3, 0.4) is 0 Å². The van der Waals surface area contributed by atoms with Crippen LogP contribution >= 0.6 is 0 Å². The minimum Gasteiger partial charge on any atom is -0.306 e. The van der Waals surface area contributed by atoms with Gasteiger partial charge in [-0.3, -0.25) is 0 Å². The number of hydrogen-bond acceptors (Lipinski definition) is 1. The van der Waals surface area contributed by atoms with Crippen molar-refractivity contribution in [3.05, 3.63) is 34.2 Å². The van der Waals surface area contributed by atoms with Gasteiger partial charge in [-0.15, -0.1) is 0 Å².